The van der Waals surface area contributed by atoms with Gasteiger partial charge in [-0.15, -0.1) is 0 Å². The fourth-order valence-electron chi connectivity index (χ4n) is 1.28. The number of benzene rings is 1. The van der Waals surface area contributed by atoms with Gasteiger partial charge in [0.15, 0.2) is 0 Å². The van der Waals surface area contributed by atoms with Crippen molar-refractivity contribution in [2.24, 2.45) is 5.16 Å². The minimum Gasteiger partial charge on any atom is -0.411 e. The van der Waals surface area contributed by atoms with Gasteiger partial charge in [0, 0.05) is 12.4 Å². The second-order valence-corrected chi connectivity index (χ2v) is 2.93. The first-order valence-electron chi connectivity index (χ1n) is 4.26. The van der Waals surface area contributed by atoms with E-state index < -0.39 is 5.82 Å². The summed E-state index contributed by atoms with van der Waals surface area (Å²) < 4.78 is 15.1. The van der Waals surface area contributed by atoms with Gasteiger partial charge in [-0.25, -0.2) is 9.37 Å². The van der Waals surface area contributed by atoms with Crippen molar-refractivity contribution in [1.29, 1.82) is 0 Å². The first-order valence-corrected chi connectivity index (χ1v) is 4.26. The molecule has 2 rings (SSSR count). The Balaban J connectivity index is 2.43. The molecule has 0 aliphatic heterocycles. The van der Waals surface area contributed by atoms with Crippen LogP contribution in [-0.2, 0) is 0 Å². The van der Waals surface area contributed by atoms with Crippen molar-refractivity contribution in [3.63, 3.8) is 0 Å². The highest BCUT2D eigenvalue weighted by Gasteiger charge is 2.03. The van der Waals surface area contributed by atoms with Crippen LogP contribution in [0.1, 0.15) is 5.56 Å². The fraction of sp³-hybridized carbons (Fsp3) is 0. The maximum atomic E-state index is 13.5. The molecule has 5 heteroatoms. The van der Waals surface area contributed by atoms with E-state index in [0.717, 1.165) is 0 Å². The van der Waals surface area contributed by atoms with E-state index >= 15 is 0 Å². The van der Waals surface area contributed by atoms with Crippen LogP contribution in [-0.4, -0.2) is 21.0 Å². The molecule has 0 unspecified atom stereocenters. The largest absolute Gasteiger partial charge is 0.411 e. The third kappa shape index (κ3) is 1.85. The second kappa shape index (κ2) is 3.91. The van der Waals surface area contributed by atoms with Crippen LogP contribution in [0.5, 0.6) is 0 Å². The third-order valence-electron chi connectivity index (χ3n) is 1.96. The van der Waals surface area contributed by atoms with Gasteiger partial charge >= 0.3 is 0 Å². The number of halogens is 1. The molecule has 0 bridgehead atoms. The van der Waals surface area contributed by atoms with Crippen molar-refractivity contribution in [1.82, 2.24) is 9.55 Å². The molecule has 0 aliphatic carbocycles. The number of nitrogens with zero attached hydrogens (tertiary/aromatic N) is 3. The third-order valence-corrected chi connectivity index (χ3v) is 1.96. The molecular weight excluding hydrogens is 197 g/mol. The normalized spacial score (nSPS) is 11.0. The van der Waals surface area contributed by atoms with Crippen molar-refractivity contribution < 1.29 is 9.60 Å². The standard InChI is InChI=1S/C10H8FN3O/c11-9-5-8(6-13-15)1-2-10(9)14-4-3-12-7-14/h1-7,15H/b13-6+. The summed E-state index contributed by atoms with van der Waals surface area (Å²) in [7, 11) is 0. The van der Waals surface area contributed by atoms with Crippen molar-refractivity contribution in [2.45, 2.75) is 0 Å². The Morgan fingerprint density at radius 3 is 2.93 bits per heavy atom. The van der Waals surface area contributed by atoms with Crippen LogP contribution >= 0.6 is 0 Å². The summed E-state index contributed by atoms with van der Waals surface area (Å²) in [4.78, 5) is 3.83. The van der Waals surface area contributed by atoms with E-state index in [4.69, 9.17) is 5.21 Å². The van der Waals surface area contributed by atoms with Crippen LogP contribution in [0.2, 0.25) is 0 Å². The predicted octanol–water partition coefficient (Wildman–Crippen LogP) is 1.82. The van der Waals surface area contributed by atoms with Crippen LogP contribution in [0.15, 0.2) is 42.1 Å². The average molecular weight is 205 g/mol. The number of hydrogen-bond acceptors (Lipinski definition) is 3. The highest BCUT2D eigenvalue weighted by molar-refractivity contribution is 5.79. The lowest BCUT2D eigenvalue weighted by atomic mass is 10.2. The van der Waals surface area contributed by atoms with Crippen molar-refractivity contribution in [2.75, 3.05) is 0 Å². The highest BCUT2D eigenvalue weighted by Crippen LogP contribution is 2.13. The Kier molecular flexibility index (Phi) is 2.45. The summed E-state index contributed by atoms with van der Waals surface area (Å²) in [6.45, 7) is 0. The molecule has 0 spiro atoms. The van der Waals surface area contributed by atoms with E-state index in [1.807, 2.05) is 0 Å². The van der Waals surface area contributed by atoms with Gasteiger partial charge in [-0.3, -0.25) is 0 Å². The fourth-order valence-corrected chi connectivity index (χ4v) is 1.28. The number of aromatic nitrogens is 2. The molecule has 1 aromatic heterocycles. The molecule has 0 aliphatic rings. The van der Waals surface area contributed by atoms with E-state index in [0.29, 0.717) is 11.3 Å². The second-order valence-electron chi connectivity index (χ2n) is 2.93. The monoisotopic (exact) mass is 205 g/mol. The molecule has 1 heterocycles. The van der Waals surface area contributed by atoms with Crippen molar-refractivity contribution in [3.8, 4) is 5.69 Å². The summed E-state index contributed by atoms with van der Waals surface area (Å²) in [6, 6.07) is 4.53. The first-order chi connectivity index (χ1) is 7.31. The topological polar surface area (TPSA) is 50.4 Å². The molecule has 1 N–H and O–H groups in total. The Labute approximate surface area is 85.3 Å². The maximum Gasteiger partial charge on any atom is 0.147 e. The van der Waals surface area contributed by atoms with E-state index in [9.17, 15) is 4.39 Å². The molecule has 0 saturated heterocycles. The lowest BCUT2D eigenvalue weighted by Crippen LogP contribution is -1.95. The molecule has 0 fully saturated rings. The Morgan fingerprint density at radius 1 is 1.47 bits per heavy atom. The van der Waals surface area contributed by atoms with Gasteiger partial charge in [0.1, 0.15) is 5.82 Å². The van der Waals surface area contributed by atoms with Gasteiger partial charge in [0.2, 0.25) is 0 Å². The van der Waals surface area contributed by atoms with Crippen LogP contribution in [0.3, 0.4) is 0 Å². The van der Waals surface area contributed by atoms with E-state index in [-0.39, 0.29) is 0 Å². The predicted molar refractivity (Wildman–Crippen MR) is 52.9 cm³/mol. The maximum absolute atomic E-state index is 13.5. The van der Waals surface area contributed by atoms with Crippen LogP contribution in [0, 0.1) is 5.82 Å². The van der Waals surface area contributed by atoms with Gasteiger partial charge in [-0.1, -0.05) is 11.2 Å². The summed E-state index contributed by atoms with van der Waals surface area (Å²) in [6.07, 6.45) is 5.90. The molecular formula is C10H8FN3O. The van der Waals surface area contributed by atoms with Crippen LogP contribution < -0.4 is 0 Å². The summed E-state index contributed by atoms with van der Waals surface area (Å²) in [5.74, 6) is -0.398. The zero-order valence-corrected chi connectivity index (χ0v) is 7.71. The minimum absolute atomic E-state index is 0.398. The summed E-state index contributed by atoms with van der Waals surface area (Å²) in [5, 5.41) is 11.1. The lowest BCUT2D eigenvalue weighted by molar-refractivity contribution is 0.322. The van der Waals surface area contributed by atoms with Gasteiger partial charge in [-0.2, -0.15) is 0 Å². The van der Waals surface area contributed by atoms with Gasteiger partial charge in [-0.05, 0) is 17.7 Å². The Bertz CT molecular complexity index is 479. The minimum atomic E-state index is -0.398. The van der Waals surface area contributed by atoms with Crippen molar-refractivity contribution >= 4 is 6.21 Å². The molecule has 2 aromatic rings. The molecule has 1 aromatic carbocycles. The molecule has 15 heavy (non-hydrogen) atoms. The SMILES string of the molecule is O/N=C/c1ccc(-n2ccnc2)c(F)c1. The number of imidazole rings is 1. The van der Waals surface area contributed by atoms with Crippen LogP contribution in [0.25, 0.3) is 5.69 Å². The van der Waals surface area contributed by atoms with Gasteiger partial charge in [0.05, 0.1) is 18.2 Å². The quantitative estimate of drug-likeness (QED) is 0.462. The van der Waals surface area contributed by atoms with E-state index in [2.05, 4.69) is 10.1 Å². The Morgan fingerprint density at radius 2 is 2.33 bits per heavy atom. The lowest BCUT2D eigenvalue weighted by Gasteiger charge is -2.03. The number of hydrogen-bond donors (Lipinski definition) is 1. The number of oxime groups is 1. The molecule has 0 radical (unpaired) electrons. The molecule has 76 valence electrons. The molecule has 0 saturated carbocycles. The smallest absolute Gasteiger partial charge is 0.147 e. The highest BCUT2D eigenvalue weighted by atomic mass is 19.1. The zero-order valence-electron chi connectivity index (χ0n) is 7.71. The van der Waals surface area contributed by atoms with Gasteiger partial charge < -0.3 is 9.77 Å². The van der Waals surface area contributed by atoms with Gasteiger partial charge in [0.25, 0.3) is 0 Å². The summed E-state index contributed by atoms with van der Waals surface area (Å²) in [5.41, 5.74) is 0.904. The first kappa shape index (κ1) is 9.39. The van der Waals surface area contributed by atoms with Crippen LogP contribution in [0.4, 0.5) is 4.39 Å². The molecule has 0 amide bonds. The Hall–Kier alpha value is -2.17. The molecule has 0 atom stereocenters. The zero-order chi connectivity index (χ0) is 10.7. The average Bonchev–Trinajstić information content (AvgIpc) is 2.71. The summed E-state index contributed by atoms with van der Waals surface area (Å²) >= 11 is 0. The van der Waals surface area contributed by atoms with Crippen molar-refractivity contribution in [3.05, 3.63) is 48.3 Å². The van der Waals surface area contributed by atoms with E-state index in [1.165, 1.54) is 18.6 Å². The number of rotatable bonds is 2. The molecule has 4 nitrogen and oxygen atoms in total. The van der Waals surface area contributed by atoms with E-state index in [1.54, 1.807) is 29.1 Å².